The molecule has 2 aromatic rings. The standard InChI is InChI=1S/C10H11N3/c1-6-4-9(7-2-3-7)12-10-8(6)5-11-13-10/h4-5,7H,2-3H2,1H3,(H,11,12,13). The molecule has 3 rings (SSSR count). The lowest BCUT2D eigenvalue weighted by Gasteiger charge is -1.99. The van der Waals surface area contributed by atoms with Crippen LogP contribution in [0.15, 0.2) is 12.3 Å². The molecule has 0 radical (unpaired) electrons. The van der Waals surface area contributed by atoms with Gasteiger partial charge in [-0.1, -0.05) is 0 Å². The van der Waals surface area contributed by atoms with E-state index in [1.165, 1.54) is 24.1 Å². The third-order valence-electron chi connectivity index (χ3n) is 2.64. The van der Waals surface area contributed by atoms with Gasteiger partial charge in [-0.15, -0.1) is 0 Å². The summed E-state index contributed by atoms with van der Waals surface area (Å²) in [6, 6.07) is 2.19. The summed E-state index contributed by atoms with van der Waals surface area (Å²) in [5.41, 5.74) is 3.44. The van der Waals surface area contributed by atoms with Gasteiger partial charge in [-0.3, -0.25) is 5.10 Å². The Bertz CT molecular complexity index is 454. The maximum Gasteiger partial charge on any atom is 0.155 e. The average molecular weight is 173 g/mol. The molecular weight excluding hydrogens is 162 g/mol. The van der Waals surface area contributed by atoms with Gasteiger partial charge in [0.2, 0.25) is 0 Å². The minimum absolute atomic E-state index is 0.714. The van der Waals surface area contributed by atoms with Gasteiger partial charge in [0.15, 0.2) is 5.65 Å². The van der Waals surface area contributed by atoms with Crippen LogP contribution in [-0.2, 0) is 0 Å². The number of hydrogen-bond donors (Lipinski definition) is 1. The maximum atomic E-state index is 4.54. The van der Waals surface area contributed by atoms with E-state index in [1.54, 1.807) is 0 Å². The molecule has 1 aliphatic carbocycles. The van der Waals surface area contributed by atoms with Crippen molar-refractivity contribution in [1.82, 2.24) is 15.2 Å². The molecule has 0 spiro atoms. The number of fused-ring (bicyclic) bond motifs is 1. The molecule has 0 atom stereocenters. The van der Waals surface area contributed by atoms with Crippen LogP contribution >= 0.6 is 0 Å². The molecule has 3 heteroatoms. The normalized spacial score (nSPS) is 16.7. The van der Waals surface area contributed by atoms with Crippen molar-refractivity contribution in [3.8, 4) is 0 Å². The van der Waals surface area contributed by atoms with Crippen LogP contribution in [-0.4, -0.2) is 15.2 Å². The van der Waals surface area contributed by atoms with Crippen LogP contribution in [0.5, 0.6) is 0 Å². The molecule has 1 N–H and O–H groups in total. The number of H-pyrrole nitrogens is 1. The van der Waals surface area contributed by atoms with Crippen molar-refractivity contribution in [1.29, 1.82) is 0 Å². The molecular formula is C10H11N3. The van der Waals surface area contributed by atoms with Gasteiger partial charge in [-0.05, 0) is 31.4 Å². The second-order valence-corrected chi connectivity index (χ2v) is 3.77. The first-order chi connectivity index (χ1) is 6.34. The molecule has 1 fully saturated rings. The molecule has 2 heterocycles. The summed E-state index contributed by atoms with van der Waals surface area (Å²) in [7, 11) is 0. The molecule has 1 aliphatic rings. The fourth-order valence-electron chi connectivity index (χ4n) is 1.70. The molecule has 0 unspecified atom stereocenters. The first-order valence-electron chi connectivity index (χ1n) is 4.65. The van der Waals surface area contributed by atoms with Crippen molar-refractivity contribution in [3.63, 3.8) is 0 Å². The summed E-state index contributed by atoms with van der Waals surface area (Å²) in [5.74, 6) is 0.714. The third kappa shape index (κ3) is 1.03. The summed E-state index contributed by atoms with van der Waals surface area (Å²) < 4.78 is 0. The molecule has 0 aromatic carbocycles. The number of nitrogens with one attached hydrogen (secondary N) is 1. The van der Waals surface area contributed by atoms with Crippen molar-refractivity contribution in [2.75, 3.05) is 0 Å². The lowest BCUT2D eigenvalue weighted by molar-refractivity contribution is 1.02. The molecule has 0 saturated heterocycles. The van der Waals surface area contributed by atoms with Crippen LogP contribution in [0.3, 0.4) is 0 Å². The molecule has 0 aliphatic heterocycles. The molecule has 3 nitrogen and oxygen atoms in total. The highest BCUT2D eigenvalue weighted by molar-refractivity contribution is 5.78. The fourth-order valence-corrected chi connectivity index (χ4v) is 1.70. The van der Waals surface area contributed by atoms with E-state index in [4.69, 9.17) is 0 Å². The van der Waals surface area contributed by atoms with Crippen LogP contribution < -0.4 is 0 Å². The molecule has 13 heavy (non-hydrogen) atoms. The highest BCUT2D eigenvalue weighted by atomic mass is 15.1. The highest BCUT2D eigenvalue weighted by Gasteiger charge is 2.25. The summed E-state index contributed by atoms with van der Waals surface area (Å²) >= 11 is 0. The second kappa shape index (κ2) is 2.31. The number of aromatic nitrogens is 3. The summed E-state index contributed by atoms with van der Waals surface area (Å²) in [6.45, 7) is 2.12. The van der Waals surface area contributed by atoms with Gasteiger partial charge in [-0.2, -0.15) is 5.10 Å². The smallest absolute Gasteiger partial charge is 0.155 e. The maximum absolute atomic E-state index is 4.54. The Morgan fingerprint density at radius 3 is 3.08 bits per heavy atom. The number of aryl methyl sites for hydroxylation is 1. The minimum Gasteiger partial charge on any atom is -0.261 e. The van der Waals surface area contributed by atoms with Crippen molar-refractivity contribution < 1.29 is 0 Å². The number of nitrogens with zero attached hydrogens (tertiary/aromatic N) is 2. The van der Waals surface area contributed by atoms with E-state index in [1.807, 2.05) is 6.20 Å². The van der Waals surface area contributed by atoms with Crippen LogP contribution in [0.4, 0.5) is 0 Å². The number of aromatic amines is 1. The van der Waals surface area contributed by atoms with Crippen molar-refractivity contribution in [2.24, 2.45) is 0 Å². The van der Waals surface area contributed by atoms with E-state index >= 15 is 0 Å². The van der Waals surface area contributed by atoms with E-state index in [0.29, 0.717) is 5.92 Å². The molecule has 66 valence electrons. The van der Waals surface area contributed by atoms with Gasteiger partial charge in [0.25, 0.3) is 0 Å². The van der Waals surface area contributed by atoms with Gasteiger partial charge < -0.3 is 0 Å². The fraction of sp³-hybridized carbons (Fsp3) is 0.400. The van der Waals surface area contributed by atoms with Crippen LogP contribution in [0.25, 0.3) is 11.0 Å². The highest BCUT2D eigenvalue weighted by Crippen LogP contribution is 2.39. The van der Waals surface area contributed by atoms with Crippen molar-refractivity contribution in [3.05, 3.63) is 23.5 Å². The Balaban J connectivity index is 2.27. The van der Waals surface area contributed by atoms with Crippen LogP contribution in [0, 0.1) is 6.92 Å². The molecule has 2 aromatic heterocycles. The Kier molecular flexibility index (Phi) is 1.26. The quantitative estimate of drug-likeness (QED) is 0.717. The Morgan fingerprint density at radius 1 is 1.46 bits per heavy atom. The molecule has 1 saturated carbocycles. The van der Waals surface area contributed by atoms with E-state index in [2.05, 4.69) is 28.2 Å². The average Bonchev–Trinajstić information content (AvgIpc) is 2.85. The number of rotatable bonds is 1. The first kappa shape index (κ1) is 7.06. The van der Waals surface area contributed by atoms with E-state index in [-0.39, 0.29) is 0 Å². The van der Waals surface area contributed by atoms with Crippen LogP contribution in [0.2, 0.25) is 0 Å². The zero-order valence-corrected chi connectivity index (χ0v) is 7.54. The van der Waals surface area contributed by atoms with Gasteiger partial charge in [-0.25, -0.2) is 4.98 Å². The summed E-state index contributed by atoms with van der Waals surface area (Å²) in [5, 5.41) is 8.06. The molecule has 0 bridgehead atoms. The second-order valence-electron chi connectivity index (χ2n) is 3.77. The zero-order valence-electron chi connectivity index (χ0n) is 7.54. The number of pyridine rings is 1. The van der Waals surface area contributed by atoms with Gasteiger partial charge in [0, 0.05) is 17.0 Å². The Morgan fingerprint density at radius 2 is 2.31 bits per heavy atom. The predicted octanol–water partition coefficient (Wildman–Crippen LogP) is 2.14. The summed E-state index contributed by atoms with van der Waals surface area (Å²) in [6.07, 6.45) is 4.44. The monoisotopic (exact) mass is 173 g/mol. The largest absolute Gasteiger partial charge is 0.261 e. The Hall–Kier alpha value is -1.38. The van der Waals surface area contributed by atoms with Crippen molar-refractivity contribution >= 4 is 11.0 Å². The lowest BCUT2D eigenvalue weighted by Crippen LogP contribution is -1.89. The minimum atomic E-state index is 0.714. The zero-order chi connectivity index (χ0) is 8.84. The van der Waals surface area contributed by atoms with Crippen molar-refractivity contribution in [2.45, 2.75) is 25.7 Å². The lowest BCUT2D eigenvalue weighted by atomic mass is 10.1. The first-order valence-corrected chi connectivity index (χ1v) is 4.65. The van der Waals surface area contributed by atoms with Gasteiger partial charge in [0.05, 0.1) is 6.20 Å². The molecule has 0 amide bonds. The van der Waals surface area contributed by atoms with Gasteiger partial charge in [0.1, 0.15) is 0 Å². The van der Waals surface area contributed by atoms with Crippen LogP contribution in [0.1, 0.15) is 30.0 Å². The van der Waals surface area contributed by atoms with E-state index < -0.39 is 0 Å². The van der Waals surface area contributed by atoms with Gasteiger partial charge >= 0.3 is 0 Å². The summed E-state index contributed by atoms with van der Waals surface area (Å²) in [4.78, 5) is 4.54. The SMILES string of the molecule is Cc1cc(C2CC2)nc2[nH]ncc12. The predicted molar refractivity (Wildman–Crippen MR) is 50.6 cm³/mol. The Labute approximate surface area is 76.2 Å². The topological polar surface area (TPSA) is 41.6 Å². The number of hydrogen-bond acceptors (Lipinski definition) is 2. The van der Waals surface area contributed by atoms with E-state index in [0.717, 1.165) is 11.0 Å². The van der Waals surface area contributed by atoms with E-state index in [9.17, 15) is 0 Å². The third-order valence-corrected chi connectivity index (χ3v) is 2.64.